The molecular formula is C23H23F3N4O2. The zero-order chi connectivity index (χ0) is 22.7. The molecule has 3 aromatic rings. The molecule has 1 saturated heterocycles. The molecule has 0 aliphatic carbocycles. The molecule has 0 bridgehead atoms. The van der Waals surface area contributed by atoms with E-state index < -0.39 is 12.1 Å². The molecule has 2 aromatic carbocycles. The van der Waals surface area contributed by atoms with Gasteiger partial charge in [0.25, 0.3) is 0 Å². The van der Waals surface area contributed by atoms with Gasteiger partial charge in [0.1, 0.15) is 0 Å². The molecule has 4 rings (SSSR count). The van der Waals surface area contributed by atoms with Crippen molar-refractivity contribution in [3.8, 4) is 11.5 Å². The van der Waals surface area contributed by atoms with Crippen molar-refractivity contribution in [2.24, 2.45) is 0 Å². The van der Waals surface area contributed by atoms with Crippen LogP contribution in [0.25, 0.3) is 11.5 Å². The quantitative estimate of drug-likeness (QED) is 0.520. The van der Waals surface area contributed by atoms with Gasteiger partial charge in [0, 0.05) is 24.3 Å². The Bertz CT molecular complexity index is 1070. The van der Waals surface area contributed by atoms with E-state index >= 15 is 0 Å². The van der Waals surface area contributed by atoms with E-state index in [4.69, 9.17) is 4.42 Å². The first kappa shape index (κ1) is 21.9. The molecule has 0 unspecified atom stereocenters. The highest BCUT2D eigenvalue weighted by Gasteiger charge is 2.38. The molecule has 0 spiro atoms. The number of anilines is 1. The number of likely N-dealkylation sites (tertiary alicyclic amines) is 1. The van der Waals surface area contributed by atoms with Crippen LogP contribution in [0.15, 0.2) is 52.9 Å². The Morgan fingerprint density at radius 2 is 1.78 bits per heavy atom. The third kappa shape index (κ3) is 4.92. The van der Waals surface area contributed by atoms with E-state index in [9.17, 15) is 18.0 Å². The summed E-state index contributed by atoms with van der Waals surface area (Å²) in [5.41, 5.74) is 3.06. The topological polar surface area (TPSA) is 62.5 Å². The number of piperidine rings is 1. The van der Waals surface area contributed by atoms with Gasteiger partial charge >= 0.3 is 18.1 Å². The van der Waals surface area contributed by atoms with Crippen LogP contribution < -0.4 is 4.90 Å². The van der Waals surface area contributed by atoms with Crippen LogP contribution in [0.2, 0.25) is 0 Å². The van der Waals surface area contributed by atoms with Gasteiger partial charge in [-0.2, -0.15) is 13.2 Å². The molecule has 6 nitrogen and oxygen atoms in total. The molecule has 1 aliphatic heterocycles. The van der Waals surface area contributed by atoms with Crippen LogP contribution >= 0.6 is 0 Å². The minimum Gasteiger partial charge on any atom is -0.413 e. The van der Waals surface area contributed by atoms with Crippen LogP contribution in [0.3, 0.4) is 0 Å². The smallest absolute Gasteiger partial charge is 0.413 e. The molecule has 32 heavy (non-hydrogen) atoms. The Kier molecular flexibility index (Phi) is 6.16. The highest BCUT2D eigenvalue weighted by molar-refractivity contribution is 5.92. The van der Waals surface area contributed by atoms with Crippen molar-refractivity contribution in [3.63, 3.8) is 0 Å². The molecule has 2 heterocycles. The predicted octanol–water partition coefficient (Wildman–Crippen LogP) is 5.68. The van der Waals surface area contributed by atoms with Crippen molar-refractivity contribution in [2.75, 3.05) is 18.0 Å². The van der Waals surface area contributed by atoms with Gasteiger partial charge in [-0.25, -0.2) is 4.79 Å². The van der Waals surface area contributed by atoms with Crippen molar-refractivity contribution in [2.45, 2.75) is 38.9 Å². The maximum absolute atomic E-state index is 13.3. The number of hydrogen-bond acceptors (Lipinski definition) is 4. The molecule has 168 valence electrons. The van der Waals surface area contributed by atoms with E-state index in [1.54, 1.807) is 29.2 Å². The second-order valence-corrected chi connectivity index (χ2v) is 7.86. The lowest BCUT2D eigenvalue weighted by Crippen LogP contribution is -2.45. The Morgan fingerprint density at radius 1 is 1.06 bits per heavy atom. The van der Waals surface area contributed by atoms with Gasteiger partial charge in [-0.3, -0.25) is 4.90 Å². The van der Waals surface area contributed by atoms with E-state index in [0.717, 1.165) is 49.2 Å². The summed E-state index contributed by atoms with van der Waals surface area (Å²) in [6.45, 7) is 3.77. The van der Waals surface area contributed by atoms with Gasteiger partial charge in [-0.1, -0.05) is 24.3 Å². The first-order valence-corrected chi connectivity index (χ1v) is 10.4. The van der Waals surface area contributed by atoms with Crippen molar-refractivity contribution in [1.82, 2.24) is 15.1 Å². The molecule has 1 fully saturated rings. The Labute approximate surface area is 183 Å². The second kappa shape index (κ2) is 9.02. The van der Waals surface area contributed by atoms with Gasteiger partial charge in [-0.15, -0.1) is 10.2 Å². The molecule has 2 amide bonds. The van der Waals surface area contributed by atoms with Crippen molar-refractivity contribution in [1.29, 1.82) is 0 Å². The Balaban J connectivity index is 1.56. The third-order valence-corrected chi connectivity index (χ3v) is 5.38. The number of nitrogens with zero attached hydrogens (tertiary/aromatic N) is 4. The lowest BCUT2D eigenvalue weighted by atomic mass is 10.1. The highest BCUT2D eigenvalue weighted by atomic mass is 19.4. The molecule has 0 N–H and O–H groups in total. The normalized spacial score (nSPS) is 14.4. The van der Waals surface area contributed by atoms with E-state index in [2.05, 4.69) is 10.2 Å². The highest BCUT2D eigenvalue weighted by Crippen LogP contribution is 2.30. The number of aryl methyl sites for hydroxylation is 1. The number of urea groups is 1. The molecular weight excluding hydrogens is 421 g/mol. The maximum atomic E-state index is 13.3. The fraction of sp³-hybridized carbons (Fsp3) is 0.348. The average molecular weight is 444 g/mol. The van der Waals surface area contributed by atoms with Crippen molar-refractivity contribution < 1.29 is 22.4 Å². The lowest BCUT2D eigenvalue weighted by Gasteiger charge is -2.33. The summed E-state index contributed by atoms with van der Waals surface area (Å²) in [7, 11) is 0. The number of carbonyl (C=O) groups excluding carboxylic acids is 1. The number of amides is 2. The minimum absolute atomic E-state index is 0.0499. The van der Waals surface area contributed by atoms with Crippen LogP contribution in [0.5, 0.6) is 0 Å². The predicted molar refractivity (Wildman–Crippen MR) is 113 cm³/mol. The van der Waals surface area contributed by atoms with Gasteiger partial charge in [0.05, 0.1) is 6.54 Å². The monoisotopic (exact) mass is 444 g/mol. The Hall–Kier alpha value is -3.36. The van der Waals surface area contributed by atoms with E-state index in [0.29, 0.717) is 12.1 Å². The van der Waals surface area contributed by atoms with Crippen LogP contribution in [0.4, 0.5) is 23.7 Å². The number of hydrogen-bond donors (Lipinski definition) is 0. The summed E-state index contributed by atoms with van der Waals surface area (Å²) in [5, 5.41) is 6.54. The summed E-state index contributed by atoms with van der Waals surface area (Å²) < 4.78 is 42.9. The summed E-state index contributed by atoms with van der Waals surface area (Å²) >= 11 is 0. The largest absolute Gasteiger partial charge is 0.470 e. The molecule has 1 aromatic heterocycles. The first-order chi connectivity index (χ1) is 15.3. The summed E-state index contributed by atoms with van der Waals surface area (Å²) in [6.07, 6.45) is -1.58. The summed E-state index contributed by atoms with van der Waals surface area (Å²) in [5.74, 6) is -1.59. The fourth-order valence-corrected chi connectivity index (χ4v) is 3.71. The maximum Gasteiger partial charge on any atom is 0.470 e. The van der Waals surface area contributed by atoms with Crippen LogP contribution in [-0.4, -0.2) is 34.2 Å². The molecule has 0 saturated carbocycles. The van der Waals surface area contributed by atoms with E-state index in [1.165, 1.54) is 0 Å². The van der Waals surface area contributed by atoms with Crippen molar-refractivity contribution in [3.05, 3.63) is 65.5 Å². The molecule has 0 radical (unpaired) electrons. The van der Waals surface area contributed by atoms with Crippen LogP contribution in [0, 0.1) is 6.92 Å². The lowest BCUT2D eigenvalue weighted by molar-refractivity contribution is -0.156. The van der Waals surface area contributed by atoms with Gasteiger partial charge in [0.15, 0.2) is 0 Å². The first-order valence-electron chi connectivity index (χ1n) is 10.4. The number of halogens is 3. The van der Waals surface area contributed by atoms with Gasteiger partial charge < -0.3 is 9.32 Å². The van der Waals surface area contributed by atoms with Gasteiger partial charge in [-0.05, 0) is 61.6 Å². The number of aromatic nitrogens is 2. The van der Waals surface area contributed by atoms with E-state index in [-0.39, 0.29) is 11.9 Å². The summed E-state index contributed by atoms with van der Waals surface area (Å²) in [4.78, 5) is 16.9. The van der Waals surface area contributed by atoms with Crippen LogP contribution in [-0.2, 0) is 12.7 Å². The molecule has 0 atom stereocenters. The summed E-state index contributed by atoms with van der Waals surface area (Å²) in [6, 6.07) is 14.4. The fourth-order valence-electron chi connectivity index (χ4n) is 3.71. The average Bonchev–Trinajstić information content (AvgIpc) is 3.29. The van der Waals surface area contributed by atoms with Gasteiger partial charge in [0.2, 0.25) is 5.89 Å². The van der Waals surface area contributed by atoms with E-state index in [1.807, 2.05) is 36.1 Å². The molecule has 9 heteroatoms. The third-order valence-electron chi connectivity index (χ3n) is 5.38. The van der Waals surface area contributed by atoms with Crippen LogP contribution in [0.1, 0.15) is 36.3 Å². The zero-order valence-corrected chi connectivity index (χ0v) is 17.6. The van der Waals surface area contributed by atoms with Crippen molar-refractivity contribution >= 4 is 11.7 Å². The number of alkyl halides is 3. The Morgan fingerprint density at radius 3 is 2.41 bits per heavy atom. The number of rotatable bonds is 4. The second-order valence-electron chi connectivity index (χ2n) is 7.86. The SMILES string of the molecule is Cc1cccc(N(Cc2ccc(-c3nnc(C(F)(F)F)o3)cc2)C(=O)N2CCCCC2)c1. The number of benzene rings is 2. The minimum atomic E-state index is -4.69. The number of carbonyl (C=O) groups is 1. The standard InChI is InChI=1S/C23H23F3N4O2/c1-16-6-5-7-19(14-16)30(22(31)29-12-3-2-4-13-29)15-17-8-10-18(11-9-17)20-27-28-21(32-20)23(24,25)26/h5-11,14H,2-4,12-13,15H2,1H3. The zero-order valence-electron chi connectivity index (χ0n) is 17.6. The molecule has 1 aliphatic rings.